The van der Waals surface area contributed by atoms with Crippen LogP contribution in [0.4, 0.5) is 0 Å². The van der Waals surface area contributed by atoms with E-state index in [4.69, 9.17) is 4.74 Å². The van der Waals surface area contributed by atoms with E-state index < -0.39 is 0 Å². The zero-order chi connectivity index (χ0) is 17.6. The molecule has 1 heterocycles. The van der Waals surface area contributed by atoms with E-state index in [0.29, 0.717) is 26.1 Å². The lowest BCUT2D eigenvalue weighted by atomic mass is 10.3. The maximum absolute atomic E-state index is 12.0. The van der Waals surface area contributed by atoms with Crippen molar-refractivity contribution in [1.82, 2.24) is 20.4 Å². The van der Waals surface area contributed by atoms with Crippen molar-refractivity contribution in [2.45, 2.75) is 47.0 Å². The zero-order valence-corrected chi connectivity index (χ0v) is 15.3. The number of likely N-dealkylation sites (tertiary alicyclic amines) is 1. The lowest BCUT2D eigenvalue weighted by molar-refractivity contribution is -0.146. The van der Waals surface area contributed by atoms with E-state index in [1.807, 2.05) is 0 Å². The van der Waals surface area contributed by atoms with Gasteiger partial charge in [-0.1, -0.05) is 21.3 Å². The van der Waals surface area contributed by atoms with Crippen LogP contribution in [0.3, 0.4) is 0 Å². The van der Waals surface area contributed by atoms with Gasteiger partial charge in [-0.25, -0.2) is 0 Å². The summed E-state index contributed by atoms with van der Waals surface area (Å²) in [5.41, 5.74) is 0. The highest BCUT2D eigenvalue weighted by atomic mass is 16.5. The minimum atomic E-state index is -0.198. The first-order valence-corrected chi connectivity index (χ1v) is 9.24. The van der Waals surface area contributed by atoms with Gasteiger partial charge in [0, 0.05) is 19.6 Å². The molecule has 0 spiro atoms. The Labute approximate surface area is 153 Å². The van der Waals surface area contributed by atoms with E-state index in [9.17, 15) is 9.59 Å². The van der Waals surface area contributed by atoms with Crippen molar-refractivity contribution in [2.75, 3.05) is 59.1 Å². The predicted molar refractivity (Wildman–Crippen MR) is 101 cm³/mol. The molecule has 1 aliphatic rings. The Balaban J connectivity index is 0.00000576. The van der Waals surface area contributed by atoms with Gasteiger partial charge in [0.15, 0.2) is 0 Å². The van der Waals surface area contributed by atoms with Gasteiger partial charge in [0.1, 0.15) is 6.61 Å². The Bertz CT molecular complexity index is 366. The zero-order valence-electron chi connectivity index (χ0n) is 15.3. The molecule has 7 heteroatoms. The lowest BCUT2D eigenvalue weighted by Crippen LogP contribution is -2.36. The van der Waals surface area contributed by atoms with Crippen LogP contribution in [-0.2, 0) is 14.3 Å². The standard InChI is InChI=1S/C17H34N4O3.CH4/c1-3-9-20(10-6-8-19-15-18-4-2)14-17(23)24-13-12-21-11-5-7-16(21)22;/h18-19H,3-15H2,1-2H3;1H4. The Morgan fingerprint density at radius 3 is 2.72 bits per heavy atom. The van der Waals surface area contributed by atoms with Gasteiger partial charge in [-0.2, -0.15) is 0 Å². The van der Waals surface area contributed by atoms with Gasteiger partial charge in [-0.05, 0) is 45.4 Å². The fourth-order valence-electron chi connectivity index (χ4n) is 2.75. The first-order valence-electron chi connectivity index (χ1n) is 9.24. The molecule has 0 unspecified atom stereocenters. The van der Waals surface area contributed by atoms with Crippen LogP contribution in [0.25, 0.3) is 0 Å². The molecule has 1 amide bonds. The number of carbonyl (C=O) groups is 2. The van der Waals surface area contributed by atoms with Gasteiger partial charge in [0.2, 0.25) is 5.91 Å². The minimum Gasteiger partial charge on any atom is -0.463 e. The van der Waals surface area contributed by atoms with Gasteiger partial charge in [0.05, 0.1) is 13.1 Å². The molecule has 25 heavy (non-hydrogen) atoms. The highest BCUT2D eigenvalue weighted by Crippen LogP contribution is 2.08. The molecule has 0 aromatic rings. The predicted octanol–water partition coefficient (Wildman–Crippen LogP) is 1.05. The van der Waals surface area contributed by atoms with E-state index >= 15 is 0 Å². The summed E-state index contributed by atoms with van der Waals surface area (Å²) in [7, 11) is 0. The second-order valence-corrected chi connectivity index (χ2v) is 6.11. The number of esters is 1. The Morgan fingerprint density at radius 2 is 2.08 bits per heavy atom. The third-order valence-electron chi connectivity index (χ3n) is 4.02. The van der Waals surface area contributed by atoms with Crippen molar-refractivity contribution in [3.63, 3.8) is 0 Å². The van der Waals surface area contributed by atoms with E-state index in [1.54, 1.807) is 4.90 Å². The van der Waals surface area contributed by atoms with Crippen LogP contribution in [-0.4, -0.2) is 80.8 Å². The Morgan fingerprint density at radius 1 is 1.28 bits per heavy atom. The Kier molecular flexibility index (Phi) is 14.4. The van der Waals surface area contributed by atoms with Crippen LogP contribution >= 0.6 is 0 Å². The van der Waals surface area contributed by atoms with Crippen LogP contribution in [0.15, 0.2) is 0 Å². The van der Waals surface area contributed by atoms with Gasteiger partial charge < -0.3 is 20.3 Å². The highest BCUT2D eigenvalue weighted by molar-refractivity contribution is 5.78. The van der Waals surface area contributed by atoms with Crippen LogP contribution in [0.2, 0.25) is 0 Å². The molecule has 0 bridgehead atoms. The largest absolute Gasteiger partial charge is 0.463 e. The first kappa shape index (κ1) is 23.8. The number of nitrogens with zero attached hydrogens (tertiary/aromatic N) is 2. The van der Waals surface area contributed by atoms with Gasteiger partial charge in [-0.3, -0.25) is 14.5 Å². The molecule has 1 rings (SSSR count). The van der Waals surface area contributed by atoms with Crippen molar-refractivity contribution in [3.8, 4) is 0 Å². The second-order valence-electron chi connectivity index (χ2n) is 6.11. The van der Waals surface area contributed by atoms with Crippen molar-refractivity contribution < 1.29 is 14.3 Å². The van der Waals surface area contributed by atoms with E-state index in [0.717, 1.165) is 58.7 Å². The molecule has 0 saturated carbocycles. The first-order chi connectivity index (χ1) is 11.7. The summed E-state index contributed by atoms with van der Waals surface area (Å²) in [6, 6.07) is 0. The molecule has 1 aliphatic heterocycles. The maximum atomic E-state index is 12.0. The molecule has 1 saturated heterocycles. The molecule has 0 aromatic heterocycles. The summed E-state index contributed by atoms with van der Waals surface area (Å²) in [6.45, 7) is 10.6. The van der Waals surface area contributed by atoms with Crippen molar-refractivity contribution in [2.24, 2.45) is 0 Å². The summed E-state index contributed by atoms with van der Waals surface area (Å²) in [5, 5.41) is 6.53. The number of amides is 1. The topological polar surface area (TPSA) is 73.9 Å². The molecule has 1 fully saturated rings. The number of hydrogen-bond acceptors (Lipinski definition) is 6. The molecule has 148 valence electrons. The normalized spacial score (nSPS) is 14.0. The second kappa shape index (κ2) is 15.1. The average Bonchev–Trinajstić information content (AvgIpc) is 2.96. The SMILES string of the molecule is C.CCCN(CCCNCNCC)CC(=O)OCCN1CCCC1=O. The molecule has 2 N–H and O–H groups in total. The number of ether oxygens (including phenoxy) is 1. The Hall–Kier alpha value is -1.18. The van der Waals surface area contributed by atoms with Gasteiger partial charge in [-0.15, -0.1) is 0 Å². The number of rotatable bonds is 14. The molecule has 0 atom stereocenters. The number of nitrogens with one attached hydrogen (secondary N) is 2. The summed E-state index contributed by atoms with van der Waals surface area (Å²) in [6.07, 6.45) is 3.56. The van der Waals surface area contributed by atoms with Crippen LogP contribution < -0.4 is 10.6 Å². The monoisotopic (exact) mass is 358 g/mol. The van der Waals surface area contributed by atoms with Crippen molar-refractivity contribution >= 4 is 11.9 Å². The molecule has 0 radical (unpaired) electrons. The van der Waals surface area contributed by atoms with E-state index in [2.05, 4.69) is 29.4 Å². The lowest BCUT2D eigenvalue weighted by Gasteiger charge is -2.21. The van der Waals surface area contributed by atoms with Crippen LogP contribution in [0, 0.1) is 0 Å². The molecule has 0 aromatic carbocycles. The van der Waals surface area contributed by atoms with Crippen molar-refractivity contribution in [3.05, 3.63) is 0 Å². The maximum Gasteiger partial charge on any atom is 0.320 e. The smallest absolute Gasteiger partial charge is 0.320 e. The number of hydrogen-bond donors (Lipinski definition) is 2. The third-order valence-corrected chi connectivity index (χ3v) is 4.02. The summed E-state index contributed by atoms with van der Waals surface area (Å²) >= 11 is 0. The summed E-state index contributed by atoms with van der Waals surface area (Å²) < 4.78 is 5.29. The van der Waals surface area contributed by atoms with Gasteiger partial charge in [0.25, 0.3) is 0 Å². The fraction of sp³-hybridized carbons (Fsp3) is 0.889. The summed E-state index contributed by atoms with van der Waals surface area (Å²) in [4.78, 5) is 27.4. The van der Waals surface area contributed by atoms with Crippen LogP contribution in [0.5, 0.6) is 0 Å². The van der Waals surface area contributed by atoms with Crippen LogP contribution in [0.1, 0.15) is 47.0 Å². The van der Waals surface area contributed by atoms with Gasteiger partial charge >= 0.3 is 5.97 Å². The number of carbonyl (C=O) groups excluding carboxylic acids is 2. The molecular formula is C18H38N4O3. The van der Waals surface area contributed by atoms with Crippen molar-refractivity contribution in [1.29, 1.82) is 0 Å². The average molecular weight is 359 g/mol. The molecular weight excluding hydrogens is 320 g/mol. The van der Waals surface area contributed by atoms with E-state index in [1.165, 1.54) is 0 Å². The summed E-state index contributed by atoms with van der Waals surface area (Å²) in [5.74, 6) is -0.0283. The third kappa shape index (κ3) is 11.1. The fourth-order valence-corrected chi connectivity index (χ4v) is 2.75. The minimum absolute atomic E-state index is 0. The van der Waals surface area contributed by atoms with E-state index in [-0.39, 0.29) is 19.3 Å². The molecule has 7 nitrogen and oxygen atoms in total. The molecule has 0 aliphatic carbocycles. The highest BCUT2D eigenvalue weighted by Gasteiger charge is 2.20. The quantitative estimate of drug-likeness (QED) is 0.275.